The summed E-state index contributed by atoms with van der Waals surface area (Å²) in [5.41, 5.74) is 0.776. The first-order valence-corrected chi connectivity index (χ1v) is 9.52. The van der Waals surface area contributed by atoms with Gasteiger partial charge in [-0.05, 0) is 48.4 Å². The van der Waals surface area contributed by atoms with Gasteiger partial charge in [0.25, 0.3) is 0 Å². The maximum absolute atomic E-state index is 12.9. The zero-order chi connectivity index (χ0) is 14.8. The van der Waals surface area contributed by atoms with Gasteiger partial charge >= 0.3 is 0 Å². The largest absolute Gasteiger partial charge is 0.317 e. The average molecular weight is 313 g/mol. The van der Waals surface area contributed by atoms with E-state index in [1.54, 1.807) is 11.3 Å². The molecular weight excluding hydrogens is 288 g/mol. The third kappa shape index (κ3) is 2.76. The van der Waals surface area contributed by atoms with Crippen LogP contribution in [0.2, 0.25) is 0 Å². The summed E-state index contributed by atoms with van der Waals surface area (Å²) in [6.07, 6.45) is 3.94. The molecule has 20 heavy (non-hydrogen) atoms. The fourth-order valence-electron chi connectivity index (χ4n) is 2.73. The first-order valence-electron chi connectivity index (χ1n) is 7.18. The normalized spacial score (nSPS) is 28.1. The van der Waals surface area contributed by atoms with E-state index < -0.39 is 5.54 Å². The second-order valence-electron chi connectivity index (χ2n) is 5.52. The molecule has 0 radical (unpaired) electrons. The fourth-order valence-corrected chi connectivity index (χ4v) is 4.19. The van der Waals surface area contributed by atoms with Crippen LogP contribution in [0.4, 0.5) is 0 Å². The molecule has 0 bridgehead atoms. The van der Waals surface area contributed by atoms with E-state index in [0.717, 1.165) is 18.6 Å². The van der Waals surface area contributed by atoms with Gasteiger partial charge in [0, 0.05) is 11.8 Å². The molecule has 112 valence electrons. The van der Waals surface area contributed by atoms with Crippen LogP contribution in [0.3, 0.4) is 0 Å². The Morgan fingerprint density at radius 1 is 1.55 bits per heavy atom. The Balaban J connectivity index is 2.35. The Kier molecular flexibility index (Phi) is 5.15. The first-order chi connectivity index (χ1) is 9.57. The molecule has 0 spiro atoms. The van der Waals surface area contributed by atoms with Gasteiger partial charge in [-0.15, -0.1) is 0 Å². The van der Waals surface area contributed by atoms with E-state index in [0.29, 0.717) is 6.04 Å². The number of thiophene rings is 1. The molecule has 3 atom stereocenters. The van der Waals surface area contributed by atoms with Crippen LogP contribution in [0, 0.1) is 0 Å². The Morgan fingerprint density at radius 3 is 2.80 bits per heavy atom. The number of amides is 1. The monoisotopic (exact) mass is 312 g/mol. The quantitative estimate of drug-likeness (QED) is 0.872. The Hall–Kier alpha value is -0.520. The highest BCUT2D eigenvalue weighted by Crippen LogP contribution is 2.36. The summed E-state index contributed by atoms with van der Waals surface area (Å²) >= 11 is 3.50. The number of rotatable bonds is 6. The SMILES string of the molecule is CCC(CSC)N1C(=O)C(C)(CC)NC1c1ccsc1. The van der Waals surface area contributed by atoms with Crippen molar-refractivity contribution < 1.29 is 4.79 Å². The van der Waals surface area contributed by atoms with E-state index in [-0.39, 0.29) is 12.1 Å². The first kappa shape index (κ1) is 15.9. The smallest absolute Gasteiger partial charge is 0.244 e. The van der Waals surface area contributed by atoms with Crippen LogP contribution in [0.5, 0.6) is 0 Å². The highest BCUT2D eigenvalue weighted by atomic mass is 32.2. The van der Waals surface area contributed by atoms with Crippen molar-refractivity contribution in [1.29, 1.82) is 0 Å². The van der Waals surface area contributed by atoms with Crippen molar-refractivity contribution in [1.82, 2.24) is 10.2 Å². The van der Waals surface area contributed by atoms with Crippen molar-refractivity contribution in [3.63, 3.8) is 0 Å². The van der Waals surface area contributed by atoms with Crippen molar-refractivity contribution >= 4 is 29.0 Å². The minimum absolute atomic E-state index is 0.0239. The third-order valence-corrected chi connectivity index (χ3v) is 5.65. The van der Waals surface area contributed by atoms with Crippen LogP contribution in [0.1, 0.15) is 45.3 Å². The van der Waals surface area contributed by atoms with Gasteiger partial charge in [-0.1, -0.05) is 13.8 Å². The van der Waals surface area contributed by atoms with E-state index in [1.807, 2.05) is 18.7 Å². The second-order valence-corrected chi connectivity index (χ2v) is 7.21. The van der Waals surface area contributed by atoms with Gasteiger partial charge in [-0.25, -0.2) is 0 Å². The van der Waals surface area contributed by atoms with E-state index in [1.165, 1.54) is 5.56 Å². The lowest BCUT2D eigenvalue weighted by atomic mass is 9.99. The van der Waals surface area contributed by atoms with Crippen LogP contribution in [0.15, 0.2) is 16.8 Å². The van der Waals surface area contributed by atoms with Gasteiger partial charge in [-0.3, -0.25) is 10.1 Å². The standard InChI is InChI=1S/C15H24N2OS2/c1-5-12(10-19-4)17-13(11-7-8-20-9-11)16-15(3,6-2)14(17)18/h7-9,12-13,16H,5-6,10H2,1-4H3. The minimum Gasteiger partial charge on any atom is -0.317 e. The summed E-state index contributed by atoms with van der Waals surface area (Å²) in [4.78, 5) is 15.0. The predicted molar refractivity (Wildman–Crippen MR) is 88.2 cm³/mol. The van der Waals surface area contributed by atoms with Gasteiger partial charge in [0.2, 0.25) is 5.91 Å². The van der Waals surface area contributed by atoms with Gasteiger partial charge in [0.05, 0.1) is 5.54 Å². The van der Waals surface area contributed by atoms with Crippen LogP contribution >= 0.6 is 23.1 Å². The lowest BCUT2D eigenvalue weighted by Crippen LogP contribution is -2.45. The topological polar surface area (TPSA) is 32.3 Å². The third-order valence-electron chi connectivity index (χ3n) is 4.23. The molecule has 3 unspecified atom stereocenters. The summed E-state index contributed by atoms with van der Waals surface area (Å²) in [5, 5.41) is 7.79. The van der Waals surface area contributed by atoms with Gasteiger partial charge < -0.3 is 4.90 Å². The number of nitrogens with one attached hydrogen (secondary N) is 1. The number of hydrogen-bond donors (Lipinski definition) is 1. The summed E-state index contributed by atoms with van der Waals surface area (Å²) in [7, 11) is 0. The van der Waals surface area contributed by atoms with Crippen LogP contribution in [0.25, 0.3) is 0 Å². The number of nitrogens with zero attached hydrogens (tertiary/aromatic N) is 1. The molecule has 3 nitrogen and oxygen atoms in total. The molecule has 1 amide bonds. The zero-order valence-electron chi connectivity index (χ0n) is 12.7. The van der Waals surface area contributed by atoms with Crippen molar-refractivity contribution in [3.8, 4) is 0 Å². The Morgan fingerprint density at radius 2 is 2.30 bits per heavy atom. The molecule has 1 aliphatic rings. The Labute approximate surface area is 130 Å². The molecule has 1 aromatic heterocycles. The van der Waals surface area contributed by atoms with Crippen molar-refractivity contribution in [2.24, 2.45) is 0 Å². The van der Waals surface area contributed by atoms with Gasteiger partial charge in [-0.2, -0.15) is 23.1 Å². The molecule has 2 heterocycles. The molecule has 1 saturated heterocycles. The summed E-state index contributed by atoms with van der Waals surface area (Å²) in [6.45, 7) is 6.27. The van der Waals surface area contributed by atoms with E-state index in [2.05, 4.69) is 47.1 Å². The number of thioether (sulfide) groups is 1. The average Bonchev–Trinajstić information content (AvgIpc) is 3.05. The van der Waals surface area contributed by atoms with E-state index in [4.69, 9.17) is 0 Å². The molecule has 1 aromatic rings. The number of carbonyl (C=O) groups is 1. The molecule has 1 fully saturated rings. The van der Waals surface area contributed by atoms with Crippen LogP contribution in [-0.4, -0.2) is 34.4 Å². The lowest BCUT2D eigenvalue weighted by molar-refractivity contribution is -0.134. The summed E-state index contributed by atoms with van der Waals surface area (Å²) in [5.74, 6) is 1.24. The molecule has 1 aliphatic heterocycles. The fraction of sp³-hybridized carbons (Fsp3) is 0.667. The molecule has 0 aliphatic carbocycles. The van der Waals surface area contributed by atoms with Gasteiger partial charge in [0.1, 0.15) is 6.17 Å². The van der Waals surface area contributed by atoms with Crippen LogP contribution in [-0.2, 0) is 4.79 Å². The highest BCUT2D eigenvalue weighted by Gasteiger charge is 2.49. The van der Waals surface area contributed by atoms with Crippen molar-refractivity contribution in [2.45, 2.75) is 51.4 Å². The van der Waals surface area contributed by atoms with Crippen molar-refractivity contribution in [3.05, 3.63) is 22.4 Å². The zero-order valence-corrected chi connectivity index (χ0v) is 14.3. The summed E-state index contributed by atoms with van der Waals surface area (Å²) in [6, 6.07) is 2.42. The molecule has 5 heteroatoms. The lowest BCUT2D eigenvalue weighted by Gasteiger charge is -2.31. The molecular formula is C15H24N2OS2. The number of hydrogen-bond acceptors (Lipinski definition) is 4. The summed E-state index contributed by atoms with van der Waals surface area (Å²) < 4.78 is 0. The second kappa shape index (κ2) is 6.50. The molecule has 1 N–H and O–H groups in total. The van der Waals surface area contributed by atoms with E-state index in [9.17, 15) is 4.79 Å². The molecule has 0 saturated carbocycles. The van der Waals surface area contributed by atoms with Gasteiger partial charge in [0.15, 0.2) is 0 Å². The predicted octanol–water partition coefficient (Wildman–Crippen LogP) is 3.49. The highest BCUT2D eigenvalue weighted by molar-refractivity contribution is 7.98. The van der Waals surface area contributed by atoms with Crippen molar-refractivity contribution in [2.75, 3.05) is 12.0 Å². The molecule has 2 rings (SSSR count). The maximum atomic E-state index is 12.9. The minimum atomic E-state index is -0.432. The number of carbonyl (C=O) groups excluding carboxylic acids is 1. The molecule has 0 aromatic carbocycles. The van der Waals surface area contributed by atoms with Crippen LogP contribution < -0.4 is 5.32 Å². The van der Waals surface area contributed by atoms with E-state index >= 15 is 0 Å². The Bertz CT molecular complexity index is 449. The maximum Gasteiger partial charge on any atom is 0.244 e.